The molecule has 0 aromatic carbocycles. The molecular formula is C12H24N2O. The first-order valence-electron chi connectivity index (χ1n) is 6.48. The molecular weight excluding hydrogens is 188 g/mol. The highest BCUT2D eigenvalue weighted by molar-refractivity contribution is 4.84. The average Bonchev–Trinajstić information content (AvgIpc) is 2.95. The Labute approximate surface area is 92.8 Å². The number of aliphatic hydroxyl groups excluding tert-OH is 1. The van der Waals surface area contributed by atoms with Crippen LogP contribution in [-0.4, -0.2) is 48.3 Å². The number of hydrogen-bond donors (Lipinski definition) is 2. The number of hydrogen-bond acceptors (Lipinski definition) is 3. The summed E-state index contributed by atoms with van der Waals surface area (Å²) in [5.41, 5.74) is 0. The topological polar surface area (TPSA) is 35.5 Å². The standard InChI is InChI=1S/C12H24N2O/c15-10-2-9-14-8-1-3-12(14)6-7-13-11-4-5-11/h11-13,15H,1-10H2. The summed E-state index contributed by atoms with van der Waals surface area (Å²) in [4.78, 5) is 2.56. The molecule has 88 valence electrons. The van der Waals surface area contributed by atoms with Gasteiger partial charge in [0.2, 0.25) is 0 Å². The second-order valence-corrected chi connectivity index (χ2v) is 4.93. The van der Waals surface area contributed by atoms with Crippen LogP contribution in [0.15, 0.2) is 0 Å². The van der Waals surface area contributed by atoms with E-state index in [0.29, 0.717) is 6.61 Å². The maximum absolute atomic E-state index is 8.83. The summed E-state index contributed by atoms with van der Waals surface area (Å²) in [5.74, 6) is 0. The molecule has 1 atom stereocenters. The van der Waals surface area contributed by atoms with E-state index in [0.717, 1.165) is 25.0 Å². The molecule has 1 unspecified atom stereocenters. The fraction of sp³-hybridized carbons (Fsp3) is 1.00. The second-order valence-electron chi connectivity index (χ2n) is 4.93. The van der Waals surface area contributed by atoms with Crippen molar-refractivity contribution in [3.05, 3.63) is 0 Å². The molecule has 1 saturated carbocycles. The van der Waals surface area contributed by atoms with Gasteiger partial charge in [0.25, 0.3) is 0 Å². The van der Waals surface area contributed by atoms with Crippen LogP contribution < -0.4 is 5.32 Å². The Morgan fingerprint density at radius 1 is 1.27 bits per heavy atom. The molecule has 0 radical (unpaired) electrons. The van der Waals surface area contributed by atoms with Gasteiger partial charge in [-0.05, 0) is 51.6 Å². The largest absolute Gasteiger partial charge is 0.396 e. The lowest BCUT2D eigenvalue weighted by molar-refractivity contribution is 0.206. The van der Waals surface area contributed by atoms with Crippen molar-refractivity contribution in [2.75, 3.05) is 26.2 Å². The van der Waals surface area contributed by atoms with Gasteiger partial charge in [0.1, 0.15) is 0 Å². The quantitative estimate of drug-likeness (QED) is 0.660. The van der Waals surface area contributed by atoms with E-state index in [1.165, 1.54) is 45.2 Å². The first kappa shape index (κ1) is 11.4. The van der Waals surface area contributed by atoms with Crippen LogP contribution >= 0.6 is 0 Å². The number of nitrogens with one attached hydrogen (secondary N) is 1. The molecule has 2 aliphatic rings. The zero-order valence-electron chi connectivity index (χ0n) is 9.62. The van der Waals surface area contributed by atoms with Crippen LogP contribution in [0.3, 0.4) is 0 Å². The van der Waals surface area contributed by atoms with E-state index in [1.807, 2.05) is 0 Å². The molecule has 0 bridgehead atoms. The lowest BCUT2D eigenvalue weighted by atomic mass is 10.1. The number of likely N-dealkylation sites (tertiary alicyclic amines) is 1. The van der Waals surface area contributed by atoms with Crippen molar-refractivity contribution in [1.29, 1.82) is 0 Å². The summed E-state index contributed by atoms with van der Waals surface area (Å²) in [6.07, 6.45) is 7.71. The fourth-order valence-corrected chi connectivity index (χ4v) is 2.53. The van der Waals surface area contributed by atoms with E-state index in [2.05, 4.69) is 10.2 Å². The molecule has 0 spiro atoms. The summed E-state index contributed by atoms with van der Waals surface area (Å²) >= 11 is 0. The monoisotopic (exact) mass is 212 g/mol. The van der Waals surface area contributed by atoms with E-state index in [-0.39, 0.29) is 0 Å². The minimum atomic E-state index is 0.337. The van der Waals surface area contributed by atoms with E-state index in [1.54, 1.807) is 0 Å². The highest BCUT2D eigenvalue weighted by Gasteiger charge is 2.25. The average molecular weight is 212 g/mol. The van der Waals surface area contributed by atoms with E-state index < -0.39 is 0 Å². The van der Waals surface area contributed by atoms with Gasteiger partial charge in [-0.2, -0.15) is 0 Å². The molecule has 2 N–H and O–H groups in total. The molecule has 1 saturated heterocycles. The third-order valence-electron chi connectivity index (χ3n) is 3.59. The maximum atomic E-state index is 8.83. The van der Waals surface area contributed by atoms with Crippen LogP contribution in [0.25, 0.3) is 0 Å². The lowest BCUT2D eigenvalue weighted by Crippen LogP contribution is -2.33. The molecule has 1 heterocycles. The zero-order chi connectivity index (χ0) is 10.5. The molecule has 0 amide bonds. The van der Waals surface area contributed by atoms with Crippen LogP contribution in [0, 0.1) is 0 Å². The Morgan fingerprint density at radius 3 is 2.87 bits per heavy atom. The van der Waals surface area contributed by atoms with Crippen molar-refractivity contribution >= 4 is 0 Å². The molecule has 2 fully saturated rings. The van der Waals surface area contributed by atoms with Gasteiger partial charge in [-0.3, -0.25) is 0 Å². The summed E-state index contributed by atoms with van der Waals surface area (Å²) in [5, 5.41) is 12.4. The molecule has 0 aromatic rings. The lowest BCUT2D eigenvalue weighted by Gasteiger charge is -2.24. The number of rotatable bonds is 7. The summed E-state index contributed by atoms with van der Waals surface area (Å²) in [6, 6.07) is 1.63. The Bertz CT molecular complexity index is 182. The van der Waals surface area contributed by atoms with Crippen LogP contribution in [0.2, 0.25) is 0 Å². The predicted molar refractivity (Wildman–Crippen MR) is 61.9 cm³/mol. The minimum absolute atomic E-state index is 0.337. The van der Waals surface area contributed by atoms with Gasteiger partial charge in [0.15, 0.2) is 0 Å². The van der Waals surface area contributed by atoms with Crippen molar-refractivity contribution in [3.8, 4) is 0 Å². The first-order valence-corrected chi connectivity index (χ1v) is 6.48. The molecule has 0 aromatic heterocycles. The van der Waals surface area contributed by atoms with Gasteiger partial charge in [-0.25, -0.2) is 0 Å². The Morgan fingerprint density at radius 2 is 2.13 bits per heavy atom. The third kappa shape index (κ3) is 3.74. The fourth-order valence-electron chi connectivity index (χ4n) is 2.53. The van der Waals surface area contributed by atoms with E-state index in [4.69, 9.17) is 5.11 Å². The van der Waals surface area contributed by atoms with Crippen LogP contribution in [-0.2, 0) is 0 Å². The number of aliphatic hydroxyl groups is 1. The summed E-state index contributed by atoms with van der Waals surface area (Å²) in [7, 11) is 0. The van der Waals surface area contributed by atoms with Gasteiger partial charge in [0.05, 0.1) is 0 Å². The van der Waals surface area contributed by atoms with Gasteiger partial charge >= 0.3 is 0 Å². The van der Waals surface area contributed by atoms with Crippen molar-refractivity contribution in [3.63, 3.8) is 0 Å². The van der Waals surface area contributed by atoms with E-state index >= 15 is 0 Å². The molecule has 1 aliphatic carbocycles. The zero-order valence-corrected chi connectivity index (χ0v) is 9.62. The third-order valence-corrected chi connectivity index (χ3v) is 3.59. The van der Waals surface area contributed by atoms with Crippen LogP contribution in [0.1, 0.15) is 38.5 Å². The predicted octanol–water partition coefficient (Wildman–Crippen LogP) is 0.975. The van der Waals surface area contributed by atoms with Gasteiger partial charge < -0.3 is 15.3 Å². The molecule has 1 aliphatic heterocycles. The Hall–Kier alpha value is -0.120. The maximum Gasteiger partial charge on any atom is 0.0443 e. The molecule has 3 heteroatoms. The second kappa shape index (κ2) is 5.83. The SMILES string of the molecule is OCCCN1CCCC1CCNC1CC1. The smallest absolute Gasteiger partial charge is 0.0443 e. The Kier molecular flexibility index (Phi) is 4.42. The van der Waals surface area contributed by atoms with Crippen LogP contribution in [0.4, 0.5) is 0 Å². The first-order chi connectivity index (χ1) is 7.40. The molecule has 2 rings (SSSR count). The highest BCUT2D eigenvalue weighted by Crippen LogP contribution is 2.21. The minimum Gasteiger partial charge on any atom is -0.396 e. The normalized spacial score (nSPS) is 27.4. The Balaban J connectivity index is 1.60. The van der Waals surface area contributed by atoms with Crippen LogP contribution in [0.5, 0.6) is 0 Å². The van der Waals surface area contributed by atoms with Crippen molar-refractivity contribution < 1.29 is 5.11 Å². The van der Waals surface area contributed by atoms with Gasteiger partial charge in [-0.15, -0.1) is 0 Å². The van der Waals surface area contributed by atoms with Gasteiger partial charge in [0, 0.05) is 25.2 Å². The van der Waals surface area contributed by atoms with Crippen molar-refractivity contribution in [1.82, 2.24) is 10.2 Å². The van der Waals surface area contributed by atoms with Crippen molar-refractivity contribution in [2.24, 2.45) is 0 Å². The number of nitrogens with zero attached hydrogens (tertiary/aromatic N) is 1. The van der Waals surface area contributed by atoms with Crippen molar-refractivity contribution in [2.45, 2.75) is 50.6 Å². The molecule has 3 nitrogen and oxygen atoms in total. The highest BCUT2D eigenvalue weighted by atomic mass is 16.3. The van der Waals surface area contributed by atoms with Gasteiger partial charge in [-0.1, -0.05) is 0 Å². The summed E-state index contributed by atoms with van der Waals surface area (Å²) < 4.78 is 0. The van der Waals surface area contributed by atoms with E-state index in [9.17, 15) is 0 Å². The molecule has 15 heavy (non-hydrogen) atoms. The summed E-state index contributed by atoms with van der Waals surface area (Å²) in [6.45, 7) is 3.85.